The molecule has 2 N–H and O–H groups in total. The van der Waals surface area contributed by atoms with Crippen LogP contribution < -0.4 is 15.4 Å². The maximum absolute atomic E-state index is 12.2. The molecule has 23 heavy (non-hydrogen) atoms. The van der Waals surface area contributed by atoms with Crippen molar-refractivity contribution < 1.29 is 9.53 Å². The molecule has 2 atom stereocenters. The van der Waals surface area contributed by atoms with E-state index in [1.54, 1.807) is 7.11 Å². The third-order valence-corrected chi connectivity index (χ3v) is 5.25. The van der Waals surface area contributed by atoms with Gasteiger partial charge in [-0.15, -0.1) is 0 Å². The molecule has 1 amide bonds. The third kappa shape index (κ3) is 4.25. The summed E-state index contributed by atoms with van der Waals surface area (Å²) in [5.74, 6) is 1.68. The lowest BCUT2D eigenvalue weighted by Gasteiger charge is -2.28. The predicted molar refractivity (Wildman–Crippen MR) is 91.7 cm³/mol. The normalized spacial score (nSPS) is 26.1. The van der Waals surface area contributed by atoms with Crippen molar-refractivity contribution in [2.24, 2.45) is 5.92 Å². The maximum atomic E-state index is 12.2. The van der Waals surface area contributed by atoms with Crippen LogP contribution >= 0.6 is 0 Å². The highest BCUT2D eigenvalue weighted by Crippen LogP contribution is 2.32. The molecule has 2 fully saturated rings. The van der Waals surface area contributed by atoms with Crippen LogP contribution in [0.25, 0.3) is 0 Å². The summed E-state index contributed by atoms with van der Waals surface area (Å²) in [6, 6.07) is 7.56. The van der Waals surface area contributed by atoms with E-state index in [9.17, 15) is 4.79 Å². The number of rotatable bonds is 6. The fourth-order valence-electron chi connectivity index (χ4n) is 4.04. The van der Waals surface area contributed by atoms with Gasteiger partial charge in [-0.25, -0.2) is 0 Å². The number of nitrogens with one attached hydrogen (secondary N) is 2. The van der Waals surface area contributed by atoms with Gasteiger partial charge in [0.05, 0.1) is 7.11 Å². The largest absolute Gasteiger partial charge is 0.496 e. The van der Waals surface area contributed by atoms with E-state index in [2.05, 4.69) is 28.8 Å². The summed E-state index contributed by atoms with van der Waals surface area (Å²) in [7, 11) is 1.69. The van der Waals surface area contributed by atoms with Crippen LogP contribution in [0.1, 0.15) is 43.2 Å². The first-order chi connectivity index (χ1) is 11.1. The first-order valence-electron chi connectivity index (χ1n) is 8.80. The van der Waals surface area contributed by atoms with Crippen molar-refractivity contribution in [3.8, 4) is 5.75 Å². The molecule has 1 aromatic rings. The Labute approximate surface area is 139 Å². The van der Waals surface area contributed by atoms with Crippen molar-refractivity contribution in [3.63, 3.8) is 0 Å². The predicted octanol–water partition coefficient (Wildman–Crippen LogP) is 2.58. The SMILES string of the molecule is COc1cc(CCNC(=O)CC2CC3CCC(C2)N3)ccc1C. The van der Waals surface area contributed by atoms with Crippen molar-refractivity contribution in [3.05, 3.63) is 29.3 Å². The Morgan fingerprint density at radius 2 is 2.04 bits per heavy atom. The van der Waals surface area contributed by atoms with E-state index in [1.807, 2.05) is 6.92 Å². The van der Waals surface area contributed by atoms with Crippen LogP contribution in [0.15, 0.2) is 18.2 Å². The maximum Gasteiger partial charge on any atom is 0.220 e. The van der Waals surface area contributed by atoms with Gasteiger partial charge in [0.15, 0.2) is 0 Å². The monoisotopic (exact) mass is 316 g/mol. The Bertz CT molecular complexity index is 546. The molecule has 2 aliphatic heterocycles. The minimum atomic E-state index is 0.204. The van der Waals surface area contributed by atoms with Gasteiger partial charge in [0.1, 0.15) is 5.75 Å². The van der Waals surface area contributed by atoms with Crippen LogP contribution in [0.3, 0.4) is 0 Å². The average molecular weight is 316 g/mol. The fraction of sp³-hybridized carbons (Fsp3) is 0.632. The standard InChI is InChI=1S/C19H28N2O2/c1-13-3-4-14(11-18(13)23-2)7-8-20-19(22)12-15-9-16-5-6-17(10-15)21-16/h3-4,11,15-17,21H,5-10,12H2,1-2H3,(H,20,22). The second kappa shape index (κ2) is 7.35. The number of carbonyl (C=O) groups excluding carboxylic acids is 1. The average Bonchev–Trinajstić information content (AvgIpc) is 2.87. The van der Waals surface area contributed by atoms with Crippen molar-refractivity contribution in [2.75, 3.05) is 13.7 Å². The summed E-state index contributed by atoms with van der Waals surface area (Å²) in [6.45, 7) is 2.74. The zero-order chi connectivity index (χ0) is 16.2. The Hall–Kier alpha value is -1.55. The number of ether oxygens (including phenoxy) is 1. The number of carbonyl (C=O) groups is 1. The van der Waals surface area contributed by atoms with E-state index in [0.717, 1.165) is 17.7 Å². The summed E-state index contributed by atoms with van der Waals surface area (Å²) < 4.78 is 5.35. The molecule has 126 valence electrons. The second-order valence-corrected chi connectivity index (χ2v) is 7.08. The molecule has 4 nitrogen and oxygen atoms in total. The zero-order valence-electron chi connectivity index (χ0n) is 14.2. The number of aryl methyl sites for hydroxylation is 1. The number of piperidine rings is 1. The third-order valence-electron chi connectivity index (χ3n) is 5.25. The van der Waals surface area contributed by atoms with Crippen LogP contribution in [0.5, 0.6) is 5.75 Å². The summed E-state index contributed by atoms with van der Waals surface area (Å²) in [5, 5.41) is 6.71. The summed E-state index contributed by atoms with van der Waals surface area (Å²) in [6.07, 6.45) is 6.44. The smallest absolute Gasteiger partial charge is 0.220 e. The fourth-order valence-corrected chi connectivity index (χ4v) is 4.04. The summed E-state index contributed by atoms with van der Waals surface area (Å²) in [5.41, 5.74) is 2.34. The molecule has 0 aliphatic carbocycles. The summed E-state index contributed by atoms with van der Waals surface area (Å²) >= 11 is 0. The van der Waals surface area contributed by atoms with Gasteiger partial charge in [0.25, 0.3) is 0 Å². The first-order valence-corrected chi connectivity index (χ1v) is 8.80. The lowest BCUT2D eigenvalue weighted by molar-refractivity contribution is -0.122. The van der Waals surface area contributed by atoms with Gasteiger partial charge < -0.3 is 15.4 Å². The molecule has 2 unspecified atom stereocenters. The van der Waals surface area contributed by atoms with E-state index in [4.69, 9.17) is 4.74 Å². The highest BCUT2D eigenvalue weighted by molar-refractivity contribution is 5.76. The summed E-state index contributed by atoms with van der Waals surface area (Å²) in [4.78, 5) is 12.2. The number of hydrogen-bond donors (Lipinski definition) is 2. The van der Waals surface area contributed by atoms with Gasteiger partial charge in [-0.3, -0.25) is 4.79 Å². The molecule has 2 saturated heterocycles. The number of amides is 1. The van der Waals surface area contributed by atoms with E-state index in [0.29, 0.717) is 31.0 Å². The Balaban J connectivity index is 1.41. The van der Waals surface area contributed by atoms with Gasteiger partial charge in [-0.1, -0.05) is 12.1 Å². The van der Waals surface area contributed by atoms with Gasteiger partial charge >= 0.3 is 0 Å². The molecule has 0 aromatic heterocycles. The molecule has 2 aliphatic rings. The molecule has 0 radical (unpaired) electrons. The van der Waals surface area contributed by atoms with Gasteiger partial charge in [0.2, 0.25) is 5.91 Å². The van der Waals surface area contributed by atoms with Crippen LogP contribution in [0, 0.1) is 12.8 Å². The Morgan fingerprint density at radius 1 is 1.30 bits per heavy atom. The molecule has 1 aromatic carbocycles. The highest BCUT2D eigenvalue weighted by atomic mass is 16.5. The number of benzene rings is 1. The van der Waals surface area contributed by atoms with E-state index >= 15 is 0 Å². The number of hydrogen-bond acceptors (Lipinski definition) is 3. The van der Waals surface area contributed by atoms with Crippen LogP contribution in [0.4, 0.5) is 0 Å². The van der Waals surface area contributed by atoms with E-state index in [1.165, 1.54) is 31.2 Å². The lowest BCUT2D eigenvalue weighted by atomic mass is 9.89. The molecule has 4 heteroatoms. The van der Waals surface area contributed by atoms with E-state index in [-0.39, 0.29) is 5.91 Å². The van der Waals surface area contributed by atoms with Gasteiger partial charge in [-0.2, -0.15) is 0 Å². The molecule has 2 bridgehead atoms. The molecule has 3 rings (SSSR count). The Morgan fingerprint density at radius 3 is 2.74 bits per heavy atom. The lowest BCUT2D eigenvalue weighted by Crippen LogP contribution is -2.39. The van der Waals surface area contributed by atoms with Gasteiger partial charge in [0, 0.05) is 25.0 Å². The minimum absolute atomic E-state index is 0.204. The van der Waals surface area contributed by atoms with Gasteiger partial charge in [-0.05, 0) is 62.1 Å². The number of fused-ring (bicyclic) bond motifs is 2. The van der Waals surface area contributed by atoms with Crippen LogP contribution in [-0.4, -0.2) is 31.6 Å². The van der Waals surface area contributed by atoms with Crippen molar-refractivity contribution in [1.82, 2.24) is 10.6 Å². The molecule has 2 heterocycles. The Kier molecular flexibility index (Phi) is 5.21. The van der Waals surface area contributed by atoms with Crippen molar-refractivity contribution in [1.29, 1.82) is 0 Å². The highest BCUT2D eigenvalue weighted by Gasteiger charge is 2.33. The molecular formula is C19H28N2O2. The molecule has 0 saturated carbocycles. The van der Waals surface area contributed by atoms with Crippen LogP contribution in [-0.2, 0) is 11.2 Å². The molecular weight excluding hydrogens is 288 g/mol. The topological polar surface area (TPSA) is 50.4 Å². The first kappa shape index (κ1) is 16.3. The second-order valence-electron chi connectivity index (χ2n) is 7.08. The zero-order valence-corrected chi connectivity index (χ0v) is 14.2. The minimum Gasteiger partial charge on any atom is -0.496 e. The quantitative estimate of drug-likeness (QED) is 0.848. The number of methoxy groups -OCH3 is 1. The van der Waals surface area contributed by atoms with Crippen molar-refractivity contribution in [2.45, 2.75) is 57.5 Å². The van der Waals surface area contributed by atoms with Crippen molar-refractivity contribution >= 4 is 5.91 Å². The van der Waals surface area contributed by atoms with Crippen LogP contribution in [0.2, 0.25) is 0 Å². The molecule has 0 spiro atoms. The van der Waals surface area contributed by atoms with E-state index < -0.39 is 0 Å².